The Kier molecular flexibility index (Phi) is 16.3. The van der Waals surface area contributed by atoms with Crippen molar-refractivity contribution in [3.8, 4) is 11.5 Å². The molecule has 0 bridgehead atoms. The summed E-state index contributed by atoms with van der Waals surface area (Å²) in [5.74, 6) is -0.907. The number of ether oxygens (including phenoxy) is 1. The third-order valence-electron chi connectivity index (χ3n) is 8.64. The van der Waals surface area contributed by atoms with E-state index in [-0.39, 0.29) is 29.6 Å². The van der Waals surface area contributed by atoms with Crippen LogP contribution >= 0.6 is 0 Å². The highest BCUT2D eigenvalue weighted by atomic mass is 32.2. The summed E-state index contributed by atoms with van der Waals surface area (Å²) >= 11 is 0. The number of amides is 2. The van der Waals surface area contributed by atoms with Gasteiger partial charge in [0.25, 0.3) is 5.91 Å². The number of benzene rings is 3. The number of anilines is 1. The van der Waals surface area contributed by atoms with Gasteiger partial charge < -0.3 is 14.6 Å². The van der Waals surface area contributed by atoms with E-state index in [2.05, 4.69) is 27.6 Å². The van der Waals surface area contributed by atoms with Crippen LogP contribution in [-0.2, 0) is 19.7 Å². The number of amidine groups is 1. The summed E-state index contributed by atoms with van der Waals surface area (Å²) in [6, 6.07) is 19.6. The molecular weight excluding hydrogens is 667 g/mol. The van der Waals surface area contributed by atoms with Crippen molar-refractivity contribution >= 4 is 39.1 Å². The Morgan fingerprint density at radius 2 is 1.35 bits per heavy atom. The maximum atomic E-state index is 13.6. The van der Waals surface area contributed by atoms with Gasteiger partial charge in [-0.3, -0.25) is 9.59 Å². The van der Waals surface area contributed by atoms with Crippen molar-refractivity contribution < 1.29 is 27.3 Å². The molecule has 0 radical (unpaired) electrons. The molecule has 51 heavy (non-hydrogen) atoms. The number of hydrazone groups is 1. The maximum Gasteiger partial charge on any atom is 0.282 e. The predicted octanol–water partition coefficient (Wildman–Crippen LogP) is 9.57. The first kappa shape index (κ1) is 39.4. The van der Waals surface area contributed by atoms with Crippen molar-refractivity contribution in [2.75, 3.05) is 5.01 Å². The average Bonchev–Trinajstić information content (AvgIpc) is 3.43. The standard InChI is InChI=1S/C39H51N5O6S/c1-2-3-4-5-6-7-8-9-10-11-12-13-14-15-22-27-36(45)40-38-37(42-41-31-23-18-16-19-24-31)39(46)44(43-38)32-28-29-34(35(30-32)51(47,48)49)50-33-25-20-17-21-26-33/h16-21,23-26,28-30,37H,2-15,22,27H2,1H3,(H,40,43,45)(H,47,48,49)/p-1. The summed E-state index contributed by atoms with van der Waals surface area (Å²) in [4.78, 5) is 25.9. The van der Waals surface area contributed by atoms with E-state index in [4.69, 9.17) is 4.74 Å². The zero-order chi connectivity index (χ0) is 36.3. The number of hydrogen-bond acceptors (Lipinski definition) is 9. The van der Waals surface area contributed by atoms with Crippen LogP contribution in [0.4, 0.5) is 11.4 Å². The molecule has 1 atom stereocenters. The molecule has 0 saturated heterocycles. The molecule has 0 spiro atoms. The van der Waals surface area contributed by atoms with Crippen LogP contribution < -0.4 is 15.1 Å². The Morgan fingerprint density at radius 3 is 1.92 bits per heavy atom. The number of rotatable bonds is 22. The summed E-state index contributed by atoms with van der Waals surface area (Å²) in [7, 11) is -5.02. The van der Waals surface area contributed by atoms with E-state index >= 15 is 0 Å². The molecule has 0 aromatic heterocycles. The van der Waals surface area contributed by atoms with Gasteiger partial charge >= 0.3 is 0 Å². The van der Waals surface area contributed by atoms with Crippen LogP contribution in [0.5, 0.6) is 11.5 Å². The zero-order valence-electron chi connectivity index (χ0n) is 29.5. The number of para-hydroxylation sites is 1. The van der Waals surface area contributed by atoms with E-state index in [0.717, 1.165) is 30.3 Å². The first-order valence-electron chi connectivity index (χ1n) is 18.3. The lowest BCUT2D eigenvalue weighted by Gasteiger charge is -2.18. The van der Waals surface area contributed by atoms with Crippen LogP contribution in [0, 0.1) is 0 Å². The quantitative estimate of drug-likeness (QED) is 0.0621. The maximum absolute atomic E-state index is 13.6. The topological polar surface area (TPSA) is 153 Å². The second kappa shape index (κ2) is 21.1. The molecule has 0 fully saturated rings. The lowest BCUT2D eigenvalue weighted by molar-refractivity contribution is -0.119. The highest BCUT2D eigenvalue weighted by molar-refractivity contribution is 7.85. The van der Waals surface area contributed by atoms with E-state index < -0.39 is 27.0 Å². The number of nitrogens with one attached hydrogen (secondary N) is 1. The third kappa shape index (κ3) is 13.3. The van der Waals surface area contributed by atoms with Gasteiger partial charge in [-0.2, -0.15) is 15.2 Å². The monoisotopic (exact) mass is 716 g/mol. The lowest BCUT2D eigenvalue weighted by Crippen LogP contribution is -2.39. The second-order valence-corrected chi connectivity index (χ2v) is 14.2. The highest BCUT2D eigenvalue weighted by Gasteiger charge is 2.38. The Morgan fingerprint density at radius 1 is 0.804 bits per heavy atom. The van der Waals surface area contributed by atoms with Crippen molar-refractivity contribution in [1.82, 2.24) is 5.32 Å². The number of nitrogens with zero attached hydrogens (tertiary/aromatic N) is 4. The Balaban J connectivity index is 1.32. The fourth-order valence-corrected chi connectivity index (χ4v) is 6.45. The molecule has 274 valence electrons. The average molecular weight is 717 g/mol. The molecule has 1 aliphatic heterocycles. The number of azo groups is 1. The molecule has 3 aromatic carbocycles. The van der Waals surface area contributed by atoms with Gasteiger partial charge in [-0.15, -0.1) is 5.10 Å². The first-order chi connectivity index (χ1) is 24.8. The fraction of sp³-hybridized carbons (Fsp3) is 0.462. The van der Waals surface area contributed by atoms with Crippen LogP contribution in [0.3, 0.4) is 0 Å². The molecule has 1 unspecified atom stereocenters. The van der Waals surface area contributed by atoms with E-state index in [0.29, 0.717) is 17.9 Å². The molecular formula is C39H50N5O6S-. The number of carbonyl (C=O) groups excluding carboxylic acids is 2. The smallest absolute Gasteiger partial charge is 0.282 e. The van der Waals surface area contributed by atoms with E-state index in [1.807, 2.05) is 6.07 Å². The SMILES string of the molecule is CCCCCCCCCCCCCCCCCC(=O)NC1=NN(c2ccc(Oc3ccccc3)c(S(=O)(=O)[O-])c2)C(=O)C1N=Nc1ccccc1. The van der Waals surface area contributed by atoms with Crippen LogP contribution in [0.1, 0.15) is 110 Å². The van der Waals surface area contributed by atoms with Crippen molar-refractivity contribution in [2.45, 2.75) is 121 Å². The number of carbonyl (C=O) groups is 2. The minimum atomic E-state index is -5.02. The lowest BCUT2D eigenvalue weighted by atomic mass is 10.0. The molecule has 1 aliphatic rings. The van der Waals surface area contributed by atoms with Gasteiger partial charge in [0.1, 0.15) is 21.6 Å². The van der Waals surface area contributed by atoms with Crippen molar-refractivity contribution in [2.24, 2.45) is 15.3 Å². The van der Waals surface area contributed by atoms with Crippen molar-refractivity contribution in [3.63, 3.8) is 0 Å². The Hall–Kier alpha value is -4.42. The summed E-state index contributed by atoms with van der Waals surface area (Å²) in [5, 5.41) is 16.3. The van der Waals surface area contributed by atoms with Crippen LogP contribution in [0.25, 0.3) is 0 Å². The molecule has 3 aromatic rings. The second-order valence-electron chi connectivity index (χ2n) is 12.8. The number of unbranched alkanes of at least 4 members (excludes halogenated alkanes) is 14. The fourth-order valence-electron chi connectivity index (χ4n) is 5.83. The van der Waals surface area contributed by atoms with E-state index in [9.17, 15) is 22.6 Å². The molecule has 1 heterocycles. The largest absolute Gasteiger partial charge is 0.744 e. The molecule has 11 nitrogen and oxygen atoms in total. The molecule has 4 rings (SSSR count). The zero-order valence-corrected chi connectivity index (χ0v) is 30.4. The van der Waals surface area contributed by atoms with Crippen molar-refractivity contribution in [3.05, 3.63) is 78.9 Å². The van der Waals surface area contributed by atoms with Crippen LogP contribution in [-0.4, -0.2) is 36.7 Å². The van der Waals surface area contributed by atoms with Crippen LogP contribution in [0.2, 0.25) is 0 Å². The molecule has 0 aliphatic carbocycles. The predicted molar refractivity (Wildman–Crippen MR) is 198 cm³/mol. The van der Waals surface area contributed by atoms with Gasteiger partial charge in [0.2, 0.25) is 11.9 Å². The molecule has 2 amide bonds. The Labute approximate surface area is 302 Å². The summed E-state index contributed by atoms with van der Waals surface area (Å²) in [6.45, 7) is 2.25. The third-order valence-corrected chi connectivity index (χ3v) is 9.50. The van der Waals surface area contributed by atoms with Crippen molar-refractivity contribution in [1.29, 1.82) is 0 Å². The first-order valence-corrected chi connectivity index (χ1v) is 19.7. The summed E-state index contributed by atoms with van der Waals surface area (Å²) in [6.07, 6.45) is 18.6. The minimum Gasteiger partial charge on any atom is -0.744 e. The molecule has 1 N–H and O–H groups in total. The normalized spacial score (nSPS) is 14.6. The molecule has 0 saturated carbocycles. The van der Waals surface area contributed by atoms with E-state index in [1.54, 1.807) is 54.6 Å². The van der Waals surface area contributed by atoms with Gasteiger partial charge in [0, 0.05) is 6.42 Å². The summed E-state index contributed by atoms with van der Waals surface area (Å²) in [5.41, 5.74) is 0.482. The Bertz CT molecular complexity index is 1700. The van der Waals surface area contributed by atoms with E-state index in [1.165, 1.54) is 82.8 Å². The van der Waals surface area contributed by atoms with Gasteiger partial charge in [0.15, 0.2) is 5.84 Å². The highest BCUT2D eigenvalue weighted by Crippen LogP contribution is 2.34. The summed E-state index contributed by atoms with van der Waals surface area (Å²) < 4.78 is 42.4. The number of hydrogen-bond donors (Lipinski definition) is 1. The van der Waals surface area contributed by atoms with Gasteiger partial charge in [-0.05, 0) is 48.9 Å². The van der Waals surface area contributed by atoms with Crippen LogP contribution in [0.15, 0.2) is 99.1 Å². The van der Waals surface area contributed by atoms with Gasteiger partial charge in [-0.1, -0.05) is 133 Å². The van der Waals surface area contributed by atoms with Gasteiger partial charge in [0.05, 0.1) is 16.3 Å². The van der Waals surface area contributed by atoms with Gasteiger partial charge in [-0.25, -0.2) is 8.42 Å². The molecule has 12 heteroatoms. The minimum absolute atomic E-state index is 0.0126.